The summed E-state index contributed by atoms with van der Waals surface area (Å²) in [4.78, 5) is 5.84. The fraction of sp³-hybridized carbons (Fsp3) is 0.364. The minimum absolute atomic E-state index is 0.251. The van der Waals surface area contributed by atoms with E-state index in [1.807, 2.05) is 6.92 Å². The van der Waals surface area contributed by atoms with E-state index in [2.05, 4.69) is 37.7 Å². The zero-order valence-corrected chi connectivity index (χ0v) is 12.2. The Kier molecular flexibility index (Phi) is 4.13. The van der Waals surface area contributed by atoms with Crippen LogP contribution in [0.15, 0.2) is 21.3 Å². The van der Waals surface area contributed by atoms with Gasteiger partial charge in [0.1, 0.15) is 5.01 Å². The van der Waals surface area contributed by atoms with Crippen molar-refractivity contribution in [2.45, 2.75) is 25.8 Å². The molecule has 0 saturated heterocycles. The van der Waals surface area contributed by atoms with Gasteiger partial charge in [0.25, 0.3) is 0 Å². The molecule has 2 N–H and O–H groups in total. The van der Waals surface area contributed by atoms with Crippen molar-refractivity contribution in [3.05, 3.63) is 27.0 Å². The third-order valence-corrected chi connectivity index (χ3v) is 4.94. The zero-order valence-electron chi connectivity index (χ0n) is 8.94. The maximum Gasteiger partial charge on any atom is 0.133 e. The topological polar surface area (TPSA) is 38.9 Å². The maximum atomic E-state index is 5.73. The highest BCUT2D eigenvalue weighted by Gasteiger charge is 2.07. The molecule has 1 unspecified atom stereocenters. The molecule has 0 aliphatic rings. The minimum Gasteiger partial charge on any atom is -0.328 e. The molecule has 0 aliphatic heterocycles. The summed E-state index contributed by atoms with van der Waals surface area (Å²) >= 11 is 6.88. The van der Waals surface area contributed by atoms with E-state index in [4.69, 9.17) is 5.73 Å². The third kappa shape index (κ3) is 3.13. The number of aryl methyl sites for hydroxylation is 1. The van der Waals surface area contributed by atoms with E-state index in [1.54, 1.807) is 22.7 Å². The second-order valence-corrected chi connectivity index (χ2v) is 6.47. The predicted molar refractivity (Wildman–Crippen MR) is 75.1 cm³/mol. The smallest absolute Gasteiger partial charge is 0.133 e. The van der Waals surface area contributed by atoms with Crippen LogP contribution < -0.4 is 5.73 Å². The van der Waals surface area contributed by atoms with Crippen LogP contribution in [0.4, 0.5) is 0 Å². The summed E-state index contributed by atoms with van der Waals surface area (Å²) < 4.78 is 1.12. The van der Waals surface area contributed by atoms with Gasteiger partial charge in [-0.3, -0.25) is 0 Å². The molecule has 2 rings (SSSR count). The molecule has 5 heteroatoms. The quantitative estimate of drug-likeness (QED) is 0.928. The lowest BCUT2D eigenvalue weighted by molar-refractivity contribution is 0.660. The highest BCUT2D eigenvalue weighted by molar-refractivity contribution is 9.10. The van der Waals surface area contributed by atoms with Crippen LogP contribution in [0.2, 0.25) is 0 Å². The lowest BCUT2D eigenvalue weighted by atomic mass is 10.2. The first-order valence-electron chi connectivity index (χ1n) is 5.09. The molecule has 2 aromatic rings. The van der Waals surface area contributed by atoms with Gasteiger partial charge in [-0.25, -0.2) is 4.98 Å². The first kappa shape index (κ1) is 12.2. The van der Waals surface area contributed by atoms with Gasteiger partial charge in [-0.2, -0.15) is 0 Å². The molecular weight excluding hydrogens is 304 g/mol. The van der Waals surface area contributed by atoms with Crippen LogP contribution >= 0.6 is 38.6 Å². The molecule has 0 bridgehead atoms. The highest BCUT2D eigenvalue weighted by Crippen LogP contribution is 2.32. The lowest BCUT2D eigenvalue weighted by Crippen LogP contribution is -2.15. The molecule has 1 atom stereocenters. The van der Waals surface area contributed by atoms with Gasteiger partial charge in [0, 0.05) is 21.3 Å². The average Bonchev–Trinajstić information content (AvgIpc) is 2.83. The van der Waals surface area contributed by atoms with Crippen LogP contribution in [-0.4, -0.2) is 11.0 Å². The first-order valence-corrected chi connectivity index (χ1v) is 7.65. The fourth-order valence-corrected chi connectivity index (χ4v) is 3.70. The number of halogens is 1. The van der Waals surface area contributed by atoms with E-state index < -0.39 is 0 Å². The van der Waals surface area contributed by atoms with Gasteiger partial charge < -0.3 is 5.73 Å². The monoisotopic (exact) mass is 316 g/mol. The van der Waals surface area contributed by atoms with Gasteiger partial charge in [0.05, 0.1) is 10.6 Å². The molecule has 0 radical (unpaired) electrons. The summed E-state index contributed by atoms with van der Waals surface area (Å²) in [5.41, 5.74) is 6.89. The van der Waals surface area contributed by atoms with Crippen molar-refractivity contribution in [1.29, 1.82) is 0 Å². The number of nitrogens with two attached hydrogens (primary N) is 1. The largest absolute Gasteiger partial charge is 0.328 e. The Labute approximate surface area is 112 Å². The summed E-state index contributed by atoms with van der Waals surface area (Å²) in [6, 6.07) is 2.36. The SMILES string of the molecule is CC(N)CCc1csc(-c2cc(Br)cs2)n1. The van der Waals surface area contributed by atoms with Gasteiger partial charge in [-0.05, 0) is 41.8 Å². The van der Waals surface area contributed by atoms with Crippen molar-refractivity contribution in [3.63, 3.8) is 0 Å². The highest BCUT2D eigenvalue weighted by atomic mass is 79.9. The number of aromatic nitrogens is 1. The van der Waals surface area contributed by atoms with Crippen LogP contribution in [0.3, 0.4) is 0 Å². The number of nitrogens with zero attached hydrogens (tertiary/aromatic N) is 1. The Hall–Kier alpha value is -0.230. The molecule has 16 heavy (non-hydrogen) atoms. The molecule has 86 valence electrons. The zero-order chi connectivity index (χ0) is 11.5. The molecule has 0 spiro atoms. The second-order valence-electron chi connectivity index (χ2n) is 3.79. The van der Waals surface area contributed by atoms with Crippen molar-refractivity contribution in [1.82, 2.24) is 4.98 Å². The van der Waals surface area contributed by atoms with E-state index in [0.29, 0.717) is 0 Å². The number of rotatable bonds is 4. The molecule has 0 amide bonds. The van der Waals surface area contributed by atoms with Gasteiger partial charge in [0.2, 0.25) is 0 Å². The molecule has 2 aromatic heterocycles. The van der Waals surface area contributed by atoms with Crippen LogP contribution in [0.25, 0.3) is 9.88 Å². The number of thiophene rings is 1. The fourth-order valence-electron chi connectivity index (χ4n) is 1.34. The number of hydrogen-bond acceptors (Lipinski definition) is 4. The summed E-state index contributed by atoms with van der Waals surface area (Å²) in [6.45, 7) is 2.03. The van der Waals surface area contributed by atoms with E-state index in [0.717, 1.165) is 28.0 Å². The van der Waals surface area contributed by atoms with Crippen molar-refractivity contribution in [3.8, 4) is 9.88 Å². The molecule has 0 saturated carbocycles. The van der Waals surface area contributed by atoms with Gasteiger partial charge in [-0.1, -0.05) is 0 Å². The molecule has 2 nitrogen and oxygen atoms in total. The lowest BCUT2D eigenvalue weighted by Gasteiger charge is -2.00. The predicted octanol–water partition coefficient (Wildman–Crippen LogP) is 3.91. The molecular formula is C11H13BrN2S2. The molecule has 2 heterocycles. The van der Waals surface area contributed by atoms with Crippen LogP contribution in [0.5, 0.6) is 0 Å². The van der Waals surface area contributed by atoms with Gasteiger partial charge in [0.15, 0.2) is 0 Å². The van der Waals surface area contributed by atoms with Crippen LogP contribution in [0, 0.1) is 0 Å². The van der Waals surface area contributed by atoms with Crippen molar-refractivity contribution >= 4 is 38.6 Å². The van der Waals surface area contributed by atoms with E-state index in [-0.39, 0.29) is 6.04 Å². The maximum absolute atomic E-state index is 5.73. The normalized spacial score (nSPS) is 12.9. The summed E-state index contributed by atoms with van der Waals surface area (Å²) in [5.74, 6) is 0. The molecule has 0 aliphatic carbocycles. The summed E-state index contributed by atoms with van der Waals surface area (Å²) in [5, 5.41) is 5.32. The Morgan fingerprint density at radius 3 is 2.88 bits per heavy atom. The van der Waals surface area contributed by atoms with Crippen molar-refractivity contribution in [2.24, 2.45) is 5.73 Å². The van der Waals surface area contributed by atoms with Gasteiger partial charge in [-0.15, -0.1) is 22.7 Å². The van der Waals surface area contributed by atoms with Crippen molar-refractivity contribution in [2.75, 3.05) is 0 Å². The Morgan fingerprint density at radius 2 is 2.25 bits per heavy atom. The average molecular weight is 317 g/mol. The van der Waals surface area contributed by atoms with E-state index in [1.165, 1.54) is 4.88 Å². The Bertz CT molecular complexity index is 462. The minimum atomic E-state index is 0.251. The standard InChI is InChI=1S/C11H13BrN2S2/c1-7(13)2-3-9-6-16-11(14-9)10-4-8(12)5-15-10/h4-7H,2-3,13H2,1H3. The molecule has 0 fully saturated rings. The third-order valence-electron chi connectivity index (χ3n) is 2.19. The number of hydrogen-bond donors (Lipinski definition) is 1. The summed E-state index contributed by atoms with van der Waals surface area (Å²) in [7, 11) is 0. The van der Waals surface area contributed by atoms with Crippen LogP contribution in [0.1, 0.15) is 19.0 Å². The van der Waals surface area contributed by atoms with E-state index >= 15 is 0 Å². The van der Waals surface area contributed by atoms with Gasteiger partial charge >= 0.3 is 0 Å². The summed E-state index contributed by atoms with van der Waals surface area (Å²) in [6.07, 6.45) is 1.97. The van der Waals surface area contributed by atoms with Crippen LogP contribution in [-0.2, 0) is 6.42 Å². The Balaban J connectivity index is 2.07. The van der Waals surface area contributed by atoms with Crippen molar-refractivity contribution < 1.29 is 0 Å². The molecule has 0 aromatic carbocycles. The second kappa shape index (κ2) is 5.40. The Morgan fingerprint density at radius 1 is 1.44 bits per heavy atom. The van der Waals surface area contributed by atoms with E-state index in [9.17, 15) is 0 Å². The first-order chi connectivity index (χ1) is 7.65. The number of thiazole rings is 1.